The summed E-state index contributed by atoms with van der Waals surface area (Å²) >= 11 is 0. The summed E-state index contributed by atoms with van der Waals surface area (Å²) in [5.74, 6) is 1.34. The van der Waals surface area contributed by atoms with Gasteiger partial charge in [-0.1, -0.05) is 32.0 Å². The number of hydrogen-bond acceptors (Lipinski definition) is 3. The van der Waals surface area contributed by atoms with E-state index in [9.17, 15) is 4.39 Å². The lowest BCUT2D eigenvalue weighted by atomic mass is 10.1. The van der Waals surface area contributed by atoms with Crippen LogP contribution in [0.5, 0.6) is 0 Å². The molecule has 1 N–H and O–H groups in total. The van der Waals surface area contributed by atoms with Crippen molar-refractivity contribution in [2.45, 2.75) is 40.0 Å². The molecule has 112 valence electrons. The highest BCUT2D eigenvalue weighted by Crippen LogP contribution is 2.19. The van der Waals surface area contributed by atoms with Crippen LogP contribution in [-0.2, 0) is 12.8 Å². The van der Waals surface area contributed by atoms with Gasteiger partial charge in [0.05, 0.1) is 0 Å². The first-order valence-corrected chi connectivity index (χ1v) is 7.49. The maximum absolute atomic E-state index is 13.8. The zero-order valence-electron chi connectivity index (χ0n) is 12.9. The minimum atomic E-state index is -0.207. The second kappa shape index (κ2) is 7.16. The minimum absolute atomic E-state index is 0.207. The fourth-order valence-corrected chi connectivity index (χ4v) is 2.36. The van der Waals surface area contributed by atoms with E-state index in [1.165, 1.54) is 6.07 Å². The Bertz CT molecular complexity index is 611. The Morgan fingerprint density at radius 1 is 1.14 bits per heavy atom. The van der Waals surface area contributed by atoms with Crippen LogP contribution >= 0.6 is 0 Å². The largest absolute Gasteiger partial charge is 0.370 e. The molecule has 0 bridgehead atoms. The third-order valence-corrected chi connectivity index (χ3v) is 3.46. The first-order chi connectivity index (χ1) is 10.2. The van der Waals surface area contributed by atoms with Crippen molar-refractivity contribution in [3.8, 4) is 0 Å². The fourth-order valence-electron chi connectivity index (χ4n) is 2.36. The molecule has 2 aromatic rings. The number of nitrogens with zero attached hydrogens (tertiary/aromatic N) is 2. The summed E-state index contributed by atoms with van der Waals surface area (Å²) in [5.41, 5.74) is 2.74. The maximum Gasteiger partial charge on any atom is 0.135 e. The van der Waals surface area contributed by atoms with Crippen molar-refractivity contribution in [3.05, 3.63) is 52.7 Å². The molecule has 0 aliphatic heterocycles. The first kappa shape index (κ1) is 15.4. The quantitative estimate of drug-likeness (QED) is 0.875. The smallest absolute Gasteiger partial charge is 0.135 e. The molecule has 0 aliphatic rings. The topological polar surface area (TPSA) is 37.8 Å². The predicted octanol–water partition coefficient (Wildman–Crippen LogP) is 3.90. The van der Waals surface area contributed by atoms with Crippen LogP contribution in [0.1, 0.15) is 42.9 Å². The van der Waals surface area contributed by atoms with Crippen LogP contribution in [-0.4, -0.2) is 16.5 Å². The van der Waals surface area contributed by atoms with Crippen LogP contribution in [0.3, 0.4) is 0 Å². The summed E-state index contributed by atoms with van der Waals surface area (Å²) < 4.78 is 13.8. The zero-order valence-corrected chi connectivity index (χ0v) is 12.9. The van der Waals surface area contributed by atoms with Gasteiger partial charge in [0.25, 0.3) is 0 Å². The van der Waals surface area contributed by atoms with Crippen molar-refractivity contribution < 1.29 is 4.39 Å². The zero-order chi connectivity index (χ0) is 15.2. The third kappa shape index (κ3) is 3.78. The van der Waals surface area contributed by atoms with Crippen LogP contribution in [0.2, 0.25) is 0 Å². The van der Waals surface area contributed by atoms with E-state index in [-0.39, 0.29) is 5.82 Å². The van der Waals surface area contributed by atoms with E-state index in [1.807, 2.05) is 13.0 Å². The Morgan fingerprint density at radius 2 is 1.90 bits per heavy atom. The molecule has 0 fully saturated rings. The maximum atomic E-state index is 13.8. The van der Waals surface area contributed by atoms with Gasteiger partial charge in [-0.05, 0) is 31.4 Å². The molecule has 1 aromatic carbocycles. The number of nitrogens with one attached hydrogen (secondary N) is 1. The Kier molecular flexibility index (Phi) is 5.26. The highest BCUT2D eigenvalue weighted by molar-refractivity contribution is 5.46. The van der Waals surface area contributed by atoms with E-state index in [2.05, 4.69) is 29.1 Å². The van der Waals surface area contributed by atoms with E-state index < -0.39 is 0 Å². The lowest BCUT2D eigenvalue weighted by Crippen LogP contribution is -2.11. The molecule has 0 aliphatic carbocycles. The molecule has 2 rings (SSSR count). The first-order valence-electron chi connectivity index (χ1n) is 7.49. The lowest BCUT2D eigenvalue weighted by molar-refractivity contribution is 0.612. The van der Waals surface area contributed by atoms with Gasteiger partial charge in [0, 0.05) is 24.2 Å². The highest BCUT2D eigenvalue weighted by atomic mass is 19.1. The van der Waals surface area contributed by atoms with Crippen LogP contribution in [0.15, 0.2) is 24.3 Å². The molecule has 3 nitrogen and oxygen atoms in total. The number of aryl methyl sites for hydroxylation is 1. The van der Waals surface area contributed by atoms with E-state index in [1.54, 1.807) is 12.1 Å². The number of benzene rings is 1. The van der Waals surface area contributed by atoms with Crippen molar-refractivity contribution in [1.29, 1.82) is 0 Å². The summed E-state index contributed by atoms with van der Waals surface area (Å²) in [6.07, 6.45) is 2.34. The summed E-state index contributed by atoms with van der Waals surface area (Å²) in [6, 6.07) is 6.78. The molecule has 0 spiro atoms. The van der Waals surface area contributed by atoms with Crippen molar-refractivity contribution in [2.75, 3.05) is 11.9 Å². The molecule has 21 heavy (non-hydrogen) atoms. The van der Waals surface area contributed by atoms with Gasteiger partial charge in [-0.25, -0.2) is 14.4 Å². The lowest BCUT2D eigenvalue weighted by Gasteiger charge is -2.13. The van der Waals surface area contributed by atoms with Gasteiger partial charge in [0.2, 0.25) is 0 Å². The number of rotatable bonds is 6. The molecular weight excluding hydrogens is 265 g/mol. The molecule has 0 atom stereocenters. The average molecular weight is 287 g/mol. The van der Waals surface area contributed by atoms with E-state index in [0.29, 0.717) is 17.8 Å². The number of halogens is 1. The van der Waals surface area contributed by atoms with E-state index in [0.717, 1.165) is 36.5 Å². The molecule has 0 radical (unpaired) electrons. The van der Waals surface area contributed by atoms with Gasteiger partial charge in [0.1, 0.15) is 17.5 Å². The van der Waals surface area contributed by atoms with Gasteiger partial charge in [-0.3, -0.25) is 0 Å². The number of hydrogen-bond donors (Lipinski definition) is 1. The van der Waals surface area contributed by atoms with Crippen LogP contribution in [0.25, 0.3) is 0 Å². The Labute approximate surface area is 125 Å². The molecule has 1 heterocycles. The minimum Gasteiger partial charge on any atom is -0.370 e. The second-order valence-corrected chi connectivity index (χ2v) is 5.10. The van der Waals surface area contributed by atoms with Crippen molar-refractivity contribution in [3.63, 3.8) is 0 Å². The summed E-state index contributed by atoms with van der Waals surface area (Å²) in [6.45, 7) is 7.08. The van der Waals surface area contributed by atoms with Crippen molar-refractivity contribution in [1.82, 2.24) is 9.97 Å². The standard InChI is InChI=1S/C17H22FN3/c1-4-10-19-17-14(5-2)12(3)20-16(21-17)11-13-8-6-7-9-15(13)18/h6-9H,4-5,10-11H2,1-3H3,(H,19,20,21). The predicted molar refractivity (Wildman–Crippen MR) is 84.1 cm³/mol. The molecule has 4 heteroatoms. The number of aromatic nitrogens is 2. The Hall–Kier alpha value is -1.97. The van der Waals surface area contributed by atoms with Crippen LogP contribution in [0.4, 0.5) is 10.2 Å². The van der Waals surface area contributed by atoms with Gasteiger partial charge in [0.15, 0.2) is 0 Å². The van der Waals surface area contributed by atoms with E-state index >= 15 is 0 Å². The van der Waals surface area contributed by atoms with Crippen LogP contribution < -0.4 is 5.32 Å². The molecule has 0 saturated heterocycles. The molecule has 1 aromatic heterocycles. The van der Waals surface area contributed by atoms with Gasteiger partial charge < -0.3 is 5.32 Å². The summed E-state index contributed by atoms with van der Waals surface area (Å²) in [7, 11) is 0. The average Bonchev–Trinajstić information content (AvgIpc) is 2.47. The van der Waals surface area contributed by atoms with Crippen molar-refractivity contribution in [2.24, 2.45) is 0 Å². The Morgan fingerprint density at radius 3 is 2.57 bits per heavy atom. The second-order valence-electron chi connectivity index (χ2n) is 5.10. The summed E-state index contributed by atoms with van der Waals surface area (Å²) in [5, 5.41) is 3.35. The van der Waals surface area contributed by atoms with Gasteiger partial charge >= 0.3 is 0 Å². The van der Waals surface area contributed by atoms with E-state index in [4.69, 9.17) is 0 Å². The molecule has 0 amide bonds. The monoisotopic (exact) mass is 287 g/mol. The third-order valence-electron chi connectivity index (χ3n) is 3.46. The summed E-state index contributed by atoms with van der Waals surface area (Å²) in [4.78, 5) is 9.12. The molecule has 0 unspecified atom stereocenters. The Balaban J connectivity index is 2.32. The van der Waals surface area contributed by atoms with Crippen molar-refractivity contribution >= 4 is 5.82 Å². The van der Waals surface area contributed by atoms with Gasteiger partial charge in [-0.15, -0.1) is 0 Å². The SMILES string of the molecule is CCCNc1nc(Cc2ccccc2F)nc(C)c1CC. The highest BCUT2D eigenvalue weighted by Gasteiger charge is 2.11. The van der Waals surface area contributed by atoms with Gasteiger partial charge in [-0.2, -0.15) is 0 Å². The normalized spacial score (nSPS) is 10.7. The fraction of sp³-hybridized carbons (Fsp3) is 0.412. The molecule has 0 saturated carbocycles. The molecular formula is C17H22FN3. The van der Waals surface area contributed by atoms with Crippen LogP contribution in [0, 0.1) is 12.7 Å². The number of anilines is 1.